The number of rotatable bonds is 7. The third kappa shape index (κ3) is 5.10. The van der Waals surface area contributed by atoms with Gasteiger partial charge < -0.3 is 14.4 Å². The molecular formula is C25H28N2O5. The van der Waals surface area contributed by atoms with E-state index in [1.165, 1.54) is 4.90 Å². The molecule has 168 valence electrons. The van der Waals surface area contributed by atoms with Crippen molar-refractivity contribution in [2.24, 2.45) is 0 Å². The summed E-state index contributed by atoms with van der Waals surface area (Å²) in [4.78, 5) is 41.9. The van der Waals surface area contributed by atoms with Gasteiger partial charge in [-0.05, 0) is 43.4 Å². The lowest BCUT2D eigenvalue weighted by Gasteiger charge is -2.30. The van der Waals surface area contributed by atoms with E-state index >= 15 is 0 Å². The average molecular weight is 437 g/mol. The minimum Gasteiger partial charge on any atom is -0.486 e. The third-order valence-corrected chi connectivity index (χ3v) is 6.01. The van der Waals surface area contributed by atoms with Gasteiger partial charge in [0.15, 0.2) is 5.78 Å². The lowest BCUT2D eigenvalue weighted by atomic mass is 10.1. The molecule has 2 aromatic rings. The second kappa shape index (κ2) is 10.3. The number of hydrogen-bond donors (Lipinski definition) is 0. The average Bonchev–Trinajstić information content (AvgIpc) is 3.52. The number of carbonyl (C=O) groups is 3. The second-order valence-corrected chi connectivity index (χ2v) is 8.15. The molecule has 0 aliphatic carbocycles. The van der Waals surface area contributed by atoms with Crippen LogP contribution in [0.3, 0.4) is 0 Å². The van der Waals surface area contributed by atoms with E-state index in [0.717, 1.165) is 18.4 Å². The van der Waals surface area contributed by atoms with Crippen LogP contribution in [0.1, 0.15) is 31.2 Å². The van der Waals surface area contributed by atoms with Gasteiger partial charge in [0.2, 0.25) is 5.91 Å². The van der Waals surface area contributed by atoms with E-state index in [0.29, 0.717) is 31.7 Å². The van der Waals surface area contributed by atoms with E-state index in [9.17, 15) is 14.4 Å². The van der Waals surface area contributed by atoms with E-state index in [1.807, 2.05) is 48.5 Å². The molecule has 0 aromatic heterocycles. The Morgan fingerprint density at radius 1 is 0.812 bits per heavy atom. The maximum absolute atomic E-state index is 13.3. The van der Waals surface area contributed by atoms with E-state index < -0.39 is 18.2 Å². The van der Waals surface area contributed by atoms with Gasteiger partial charge >= 0.3 is 6.09 Å². The molecule has 0 unspecified atom stereocenters. The molecular weight excluding hydrogens is 408 g/mol. The summed E-state index contributed by atoms with van der Waals surface area (Å²) in [7, 11) is 0. The fourth-order valence-electron chi connectivity index (χ4n) is 4.37. The first kappa shape index (κ1) is 21.9. The van der Waals surface area contributed by atoms with Crippen molar-refractivity contribution in [2.45, 2.75) is 44.4 Å². The van der Waals surface area contributed by atoms with Crippen LogP contribution in [0.4, 0.5) is 4.79 Å². The zero-order valence-corrected chi connectivity index (χ0v) is 18.0. The highest BCUT2D eigenvalue weighted by Crippen LogP contribution is 2.26. The summed E-state index contributed by atoms with van der Waals surface area (Å²) in [5.74, 6) is 0.338. The molecule has 2 aromatic carbocycles. The van der Waals surface area contributed by atoms with Gasteiger partial charge in [-0.1, -0.05) is 48.5 Å². The summed E-state index contributed by atoms with van der Waals surface area (Å²) < 4.78 is 11.0. The quantitative estimate of drug-likeness (QED) is 0.665. The Labute approximate surface area is 187 Å². The van der Waals surface area contributed by atoms with Gasteiger partial charge in [0.1, 0.15) is 25.0 Å². The van der Waals surface area contributed by atoms with Crippen molar-refractivity contribution in [3.05, 3.63) is 66.2 Å². The fourth-order valence-corrected chi connectivity index (χ4v) is 4.37. The number of hydrogen-bond acceptors (Lipinski definition) is 5. The molecule has 2 amide bonds. The van der Waals surface area contributed by atoms with Gasteiger partial charge in [-0.15, -0.1) is 0 Å². The van der Waals surface area contributed by atoms with Crippen molar-refractivity contribution in [1.82, 2.24) is 9.80 Å². The van der Waals surface area contributed by atoms with Crippen molar-refractivity contribution >= 4 is 17.8 Å². The summed E-state index contributed by atoms with van der Waals surface area (Å²) >= 11 is 0. The van der Waals surface area contributed by atoms with Gasteiger partial charge in [0, 0.05) is 13.1 Å². The topological polar surface area (TPSA) is 76.2 Å². The molecule has 0 radical (unpaired) electrons. The van der Waals surface area contributed by atoms with Crippen LogP contribution in [0, 0.1) is 0 Å². The zero-order valence-electron chi connectivity index (χ0n) is 18.0. The Morgan fingerprint density at radius 2 is 1.44 bits per heavy atom. The smallest absolute Gasteiger partial charge is 0.410 e. The number of para-hydroxylation sites is 1. The number of carbonyl (C=O) groups excluding carboxylic acids is 3. The molecule has 2 fully saturated rings. The molecule has 0 bridgehead atoms. The molecule has 0 spiro atoms. The monoisotopic (exact) mass is 436 g/mol. The zero-order chi connectivity index (χ0) is 22.3. The number of ether oxygens (including phenoxy) is 2. The summed E-state index contributed by atoms with van der Waals surface area (Å²) in [6, 6.07) is 17.5. The molecule has 7 heteroatoms. The standard InChI is InChI=1S/C25H28N2O5/c28-23(18-31-20-11-5-2-6-12-20)21-13-7-15-26(21)24(29)22-14-8-16-27(22)25(30)32-17-19-9-3-1-4-10-19/h1-6,9-12,21-22H,7-8,13-18H2/t21-,22-/m0/s1. The highest BCUT2D eigenvalue weighted by molar-refractivity contribution is 5.93. The van der Waals surface area contributed by atoms with E-state index in [2.05, 4.69) is 0 Å². The van der Waals surface area contributed by atoms with E-state index in [1.54, 1.807) is 17.0 Å². The molecule has 0 N–H and O–H groups in total. The minimum absolute atomic E-state index is 0.0774. The van der Waals surface area contributed by atoms with Crippen molar-refractivity contribution in [2.75, 3.05) is 19.7 Å². The van der Waals surface area contributed by atoms with Gasteiger partial charge in [0.25, 0.3) is 0 Å². The van der Waals surface area contributed by atoms with Crippen LogP contribution in [0.25, 0.3) is 0 Å². The second-order valence-electron chi connectivity index (χ2n) is 8.15. The van der Waals surface area contributed by atoms with Gasteiger partial charge in [-0.3, -0.25) is 14.5 Å². The molecule has 2 aliphatic heterocycles. The number of nitrogens with zero attached hydrogens (tertiary/aromatic N) is 2. The van der Waals surface area contributed by atoms with Crippen molar-refractivity contribution < 1.29 is 23.9 Å². The maximum atomic E-state index is 13.3. The summed E-state index contributed by atoms with van der Waals surface area (Å²) in [6.07, 6.45) is 2.21. The predicted molar refractivity (Wildman–Crippen MR) is 118 cm³/mol. The molecule has 0 saturated carbocycles. The van der Waals surface area contributed by atoms with Crippen molar-refractivity contribution in [3.63, 3.8) is 0 Å². The number of Topliss-reactive ketones (excluding diaryl/α,β-unsaturated/α-hetero) is 1. The van der Waals surface area contributed by atoms with Gasteiger partial charge in [-0.2, -0.15) is 0 Å². The van der Waals surface area contributed by atoms with Crippen LogP contribution in [0.2, 0.25) is 0 Å². The lowest BCUT2D eigenvalue weighted by Crippen LogP contribution is -2.51. The first-order chi connectivity index (χ1) is 15.6. The van der Waals surface area contributed by atoms with Crippen LogP contribution >= 0.6 is 0 Å². The molecule has 2 heterocycles. The largest absolute Gasteiger partial charge is 0.486 e. The maximum Gasteiger partial charge on any atom is 0.410 e. The Morgan fingerprint density at radius 3 is 2.16 bits per heavy atom. The molecule has 32 heavy (non-hydrogen) atoms. The summed E-state index contributed by atoms with van der Waals surface area (Å²) in [6.45, 7) is 1.09. The van der Waals surface area contributed by atoms with Gasteiger partial charge in [-0.25, -0.2) is 4.79 Å². The Bertz CT molecular complexity index is 858. The van der Waals surface area contributed by atoms with Crippen LogP contribution in [-0.2, 0) is 20.9 Å². The third-order valence-electron chi connectivity index (χ3n) is 6.01. The molecule has 7 nitrogen and oxygen atoms in total. The van der Waals surface area contributed by atoms with Crippen LogP contribution in [0.5, 0.6) is 5.75 Å². The first-order valence-corrected chi connectivity index (χ1v) is 11.1. The first-order valence-electron chi connectivity index (χ1n) is 11.1. The Hall–Kier alpha value is -3.35. The number of likely N-dealkylation sites (tertiary alicyclic amines) is 2. The summed E-state index contributed by atoms with van der Waals surface area (Å²) in [5, 5.41) is 0. The van der Waals surface area contributed by atoms with Crippen molar-refractivity contribution in [3.8, 4) is 5.75 Å². The highest BCUT2D eigenvalue weighted by atomic mass is 16.6. The number of ketones is 1. The molecule has 2 aliphatic rings. The van der Waals surface area contributed by atoms with Crippen molar-refractivity contribution in [1.29, 1.82) is 0 Å². The SMILES string of the molecule is O=C(COc1ccccc1)[C@@H]1CCCN1C(=O)[C@@H]1CCCN1C(=O)OCc1ccccc1. The minimum atomic E-state index is -0.582. The van der Waals surface area contributed by atoms with E-state index in [4.69, 9.17) is 9.47 Å². The molecule has 2 saturated heterocycles. The Balaban J connectivity index is 1.35. The fraction of sp³-hybridized carbons (Fsp3) is 0.400. The number of amides is 2. The van der Waals surface area contributed by atoms with Crippen LogP contribution in [-0.4, -0.2) is 59.4 Å². The summed E-state index contributed by atoms with van der Waals surface area (Å²) in [5.41, 5.74) is 0.895. The van der Waals surface area contributed by atoms with Gasteiger partial charge in [0.05, 0.1) is 6.04 Å². The van der Waals surface area contributed by atoms with E-state index in [-0.39, 0.29) is 24.9 Å². The molecule has 4 rings (SSSR count). The normalized spacial score (nSPS) is 20.2. The molecule has 2 atom stereocenters. The van der Waals surface area contributed by atoms with Crippen LogP contribution < -0.4 is 4.74 Å². The highest BCUT2D eigenvalue weighted by Gasteiger charge is 2.42. The Kier molecular flexibility index (Phi) is 7.04. The predicted octanol–water partition coefficient (Wildman–Crippen LogP) is 3.43. The van der Waals surface area contributed by atoms with Crippen LogP contribution in [0.15, 0.2) is 60.7 Å². The number of benzene rings is 2. The lowest BCUT2D eigenvalue weighted by molar-refractivity contribution is -0.141.